The number of halogens is 2. The van der Waals surface area contributed by atoms with Crippen molar-refractivity contribution >= 4 is 29.2 Å². The minimum atomic E-state index is -1.06. The van der Waals surface area contributed by atoms with Gasteiger partial charge in [0.05, 0.1) is 31.4 Å². The smallest absolute Gasteiger partial charge is 0.311 e. The van der Waals surface area contributed by atoms with Gasteiger partial charge in [-0.05, 0) is 42.8 Å². The van der Waals surface area contributed by atoms with Crippen molar-refractivity contribution in [2.45, 2.75) is 19.4 Å². The molecule has 2 rings (SSSR count). The van der Waals surface area contributed by atoms with E-state index in [-0.39, 0.29) is 17.1 Å². The van der Waals surface area contributed by atoms with Crippen LogP contribution >= 0.6 is 11.6 Å². The lowest BCUT2D eigenvalue weighted by Gasteiger charge is -2.15. The van der Waals surface area contributed by atoms with Crippen molar-refractivity contribution in [2.75, 3.05) is 19.5 Å². The molecule has 0 aromatic heterocycles. The number of anilines is 1. The Bertz CT molecular complexity index is 843. The third-order valence-corrected chi connectivity index (χ3v) is 3.98. The molecule has 144 valence electrons. The molecule has 0 unspecified atom stereocenters. The van der Waals surface area contributed by atoms with E-state index in [1.54, 1.807) is 18.2 Å². The number of rotatable bonds is 7. The van der Waals surface area contributed by atoms with Crippen LogP contribution in [0.4, 0.5) is 10.1 Å². The number of amides is 1. The van der Waals surface area contributed by atoms with Crippen LogP contribution in [0.25, 0.3) is 0 Å². The maximum Gasteiger partial charge on any atom is 0.311 e. The van der Waals surface area contributed by atoms with E-state index in [1.165, 1.54) is 27.2 Å². The molecule has 2 aromatic rings. The first-order valence-corrected chi connectivity index (χ1v) is 8.38. The van der Waals surface area contributed by atoms with Crippen molar-refractivity contribution in [3.63, 3.8) is 0 Å². The van der Waals surface area contributed by atoms with Gasteiger partial charge >= 0.3 is 5.97 Å². The van der Waals surface area contributed by atoms with Gasteiger partial charge in [0, 0.05) is 0 Å². The van der Waals surface area contributed by atoms with E-state index in [9.17, 15) is 14.0 Å². The zero-order chi connectivity index (χ0) is 20.0. The molecular weight excluding hydrogens is 377 g/mol. The van der Waals surface area contributed by atoms with Crippen LogP contribution in [0.15, 0.2) is 36.4 Å². The molecule has 0 radical (unpaired) electrons. The average molecular weight is 396 g/mol. The van der Waals surface area contributed by atoms with E-state index in [2.05, 4.69) is 5.32 Å². The van der Waals surface area contributed by atoms with Crippen molar-refractivity contribution in [2.24, 2.45) is 0 Å². The van der Waals surface area contributed by atoms with Crippen molar-refractivity contribution in [3.05, 3.63) is 52.8 Å². The van der Waals surface area contributed by atoms with Crippen LogP contribution in [-0.2, 0) is 20.7 Å². The van der Waals surface area contributed by atoms with Crippen LogP contribution in [0.5, 0.6) is 11.5 Å². The highest BCUT2D eigenvalue weighted by molar-refractivity contribution is 6.33. The zero-order valence-corrected chi connectivity index (χ0v) is 15.8. The molecule has 2 aromatic carbocycles. The maximum absolute atomic E-state index is 13.0. The van der Waals surface area contributed by atoms with Crippen molar-refractivity contribution < 1.29 is 28.2 Å². The number of esters is 1. The second kappa shape index (κ2) is 9.23. The molecule has 0 saturated carbocycles. The first-order valence-electron chi connectivity index (χ1n) is 8.00. The van der Waals surface area contributed by atoms with Gasteiger partial charge in [-0.3, -0.25) is 9.59 Å². The van der Waals surface area contributed by atoms with Crippen LogP contribution in [-0.4, -0.2) is 32.2 Å². The number of hydrogen-bond donors (Lipinski definition) is 1. The molecule has 1 N–H and O–H groups in total. The van der Waals surface area contributed by atoms with Crippen LogP contribution in [0.3, 0.4) is 0 Å². The molecule has 8 heteroatoms. The molecule has 0 aliphatic heterocycles. The summed E-state index contributed by atoms with van der Waals surface area (Å²) in [5.74, 6) is -0.662. The van der Waals surface area contributed by atoms with Crippen LogP contribution in [0, 0.1) is 5.82 Å². The molecule has 0 aliphatic carbocycles. The molecule has 0 aliphatic rings. The number of carbonyl (C=O) groups excluding carboxylic acids is 2. The third-order valence-electron chi connectivity index (χ3n) is 3.66. The Morgan fingerprint density at radius 1 is 1.11 bits per heavy atom. The van der Waals surface area contributed by atoms with Gasteiger partial charge in [-0.15, -0.1) is 0 Å². The molecule has 0 heterocycles. The van der Waals surface area contributed by atoms with E-state index in [1.807, 2.05) is 0 Å². The Labute approximate surface area is 161 Å². The van der Waals surface area contributed by atoms with Gasteiger partial charge in [-0.25, -0.2) is 4.39 Å². The quantitative estimate of drug-likeness (QED) is 0.725. The molecule has 0 saturated heterocycles. The van der Waals surface area contributed by atoms with Crippen molar-refractivity contribution in [3.8, 4) is 11.5 Å². The number of nitrogens with one attached hydrogen (secondary N) is 1. The lowest BCUT2D eigenvalue weighted by atomic mass is 10.1. The van der Waals surface area contributed by atoms with Crippen molar-refractivity contribution in [1.82, 2.24) is 0 Å². The maximum atomic E-state index is 13.0. The predicted octanol–water partition coefficient (Wildman–Crippen LogP) is 3.61. The molecule has 0 spiro atoms. The van der Waals surface area contributed by atoms with Gasteiger partial charge in [0.1, 0.15) is 5.82 Å². The molecule has 1 atom stereocenters. The van der Waals surface area contributed by atoms with E-state index >= 15 is 0 Å². The summed E-state index contributed by atoms with van der Waals surface area (Å²) in [5.41, 5.74) is 0.873. The standard InChI is InChI=1S/C19H19ClFNO5/c1-11(19(24)22-15-6-5-13(21)10-14(15)20)27-18(23)9-12-4-7-16(25-2)17(8-12)26-3/h4-8,10-11H,9H2,1-3H3,(H,22,24)/t11-/m1/s1. The Hall–Kier alpha value is -2.80. The molecule has 6 nitrogen and oxygen atoms in total. The summed E-state index contributed by atoms with van der Waals surface area (Å²) in [6.07, 6.45) is -1.10. The van der Waals surface area contributed by atoms with Crippen LogP contribution < -0.4 is 14.8 Å². The lowest BCUT2D eigenvalue weighted by molar-refractivity contribution is -0.152. The molecule has 1 amide bonds. The summed E-state index contributed by atoms with van der Waals surface area (Å²) in [4.78, 5) is 24.2. The summed E-state index contributed by atoms with van der Waals surface area (Å²) >= 11 is 5.86. The summed E-state index contributed by atoms with van der Waals surface area (Å²) in [5, 5.41) is 2.54. The van der Waals surface area contributed by atoms with Crippen molar-refractivity contribution in [1.29, 1.82) is 0 Å². The van der Waals surface area contributed by atoms with Gasteiger partial charge in [-0.1, -0.05) is 17.7 Å². The summed E-state index contributed by atoms with van der Waals surface area (Å²) in [7, 11) is 3.01. The van der Waals surface area contributed by atoms with Crippen LogP contribution in [0.1, 0.15) is 12.5 Å². The Kier molecular flexibility index (Phi) is 7.01. The Morgan fingerprint density at radius 2 is 1.81 bits per heavy atom. The van der Waals surface area contributed by atoms with Gasteiger partial charge in [-0.2, -0.15) is 0 Å². The number of hydrogen-bond acceptors (Lipinski definition) is 5. The number of ether oxygens (including phenoxy) is 3. The third kappa shape index (κ3) is 5.59. The largest absolute Gasteiger partial charge is 0.493 e. The summed E-state index contributed by atoms with van der Waals surface area (Å²) in [6, 6.07) is 8.59. The topological polar surface area (TPSA) is 73.9 Å². The highest BCUT2D eigenvalue weighted by Gasteiger charge is 2.19. The summed E-state index contributed by atoms with van der Waals surface area (Å²) in [6.45, 7) is 1.43. The second-order valence-electron chi connectivity index (χ2n) is 5.61. The van der Waals surface area contributed by atoms with E-state index < -0.39 is 23.8 Å². The second-order valence-corrected chi connectivity index (χ2v) is 6.02. The SMILES string of the molecule is COc1ccc(CC(=O)O[C@H](C)C(=O)Nc2ccc(F)cc2Cl)cc1OC. The first-order chi connectivity index (χ1) is 12.8. The van der Waals surface area contributed by atoms with Crippen LogP contribution in [0.2, 0.25) is 5.02 Å². The van der Waals surface area contributed by atoms with Gasteiger partial charge in [0.15, 0.2) is 17.6 Å². The van der Waals surface area contributed by atoms with Gasteiger partial charge in [0.25, 0.3) is 5.91 Å². The Morgan fingerprint density at radius 3 is 2.44 bits per heavy atom. The van der Waals surface area contributed by atoms with Gasteiger partial charge < -0.3 is 19.5 Å². The first kappa shape index (κ1) is 20.5. The molecule has 0 bridgehead atoms. The highest BCUT2D eigenvalue weighted by atomic mass is 35.5. The highest BCUT2D eigenvalue weighted by Crippen LogP contribution is 2.28. The molecule has 0 fully saturated rings. The molecule has 27 heavy (non-hydrogen) atoms. The monoisotopic (exact) mass is 395 g/mol. The zero-order valence-electron chi connectivity index (χ0n) is 15.0. The Balaban J connectivity index is 1.95. The normalized spacial score (nSPS) is 11.4. The lowest BCUT2D eigenvalue weighted by Crippen LogP contribution is -2.30. The van der Waals surface area contributed by atoms with Gasteiger partial charge in [0.2, 0.25) is 0 Å². The number of carbonyl (C=O) groups is 2. The minimum absolute atomic E-state index is 0.0464. The number of benzene rings is 2. The predicted molar refractivity (Wildman–Crippen MR) is 98.8 cm³/mol. The van der Waals surface area contributed by atoms with E-state index in [4.69, 9.17) is 25.8 Å². The fourth-order valence-corrected chi connectivity index (χ4v) is 2.49. The summed E-state index contributed by atoms with van der Waals surface area (Å²) < 4.78 is 28.5. The fraction of sp³-hybridized carbons (Fsp3) is 0.263. The fourth-order valence-electron chi connectivity index (χ4n) is 2.27. The van der Waals surface area contributed by atoms with E-state index in [0.29, 0.717) is 17.1 Å². The number of methoxy groups -OCH3 is 2. The van der Waals surface area contributed by atoms with E-state index in [0.717, 1.165) is 12.1 Å². The average Bonchev–Trinajstić information content (AvgIpc) is 2.63. The molecular formula is C19H19ClFNO5. The minimum Gasteiger partial charge on any atom is -0.493 e.